The summed E-state index contributed by atoms with van der Waals surface area (Å²) in [5.41, 5.74) is 1.29. The van der Waals surface area contributed by atoms with Crippen molar-refractivity contribution in [2.75, 3.05) is 33.2 Å². The quantitative estimate of drug-likeness (QED) is 0.641. The van der Waals surface area contributed by atoms with Gasteiger partial charge in [0.05, 0.1) is 6.10 Å². The Kier molecular flexibility index (Phi) is 7.57. The molecule has 1 unspecified atom stereocenters. The van der Waals surface area contributed by atoms with Crippen molar-refractivity contribution < 1.29 is 5.11 Å². The van der Waals surface area contributed by atoms with Crippen LogP contribution in [0.3, 0.4) is 0 Å². The Morgan fingerprint density at radius 1 is 1.39 bits per heavy atom. The predicted molar refractivity (Wildman–Crippen MR) is 74.6 cm³/mol. The van der Waals surface area contributed by atoms with Crippen molar-refractivity contribution >= 4 is 0 Å². The minimum absolute atomic E-state index is 0.293. The van der Waals surface area contributed by atoms with Crippen LogP contribution in [0.5, 0.6) is 0 Å². The zero-order valence-electron chi connectivity index (χ0n) is 11.5. The van der Waals surface area contributed by atoms with E-state index in [1.54, 1.807) is 0 Å². The van der Waals surface area contributed by atoms with Crippen LogP contribution in [-0.4, -0.2) is 54.3 Å². The summed E-state index contributed by atoms with van der Waals surface area (Å²) < 4.78 is 0. The van der Waals surface area contributed by atoms with Gasteiger partial charge in [-0.1, -0.05) is 6.92 Å². The second kappa shape index (κ2) is 9.03. The molecule has 0 saturated heterocycles. The first kappa shape index (κ1) is 15.1. The van der Waals surface area contributed by atoms with Gasteiger partial charge in [-0.05, 0) is 44.1 Å². The molecular formula is C14H25N3O. The number of hydrogen-bond acceptors (Lipinski definition) is 4. The molecule has 102 valence electrons. The molecule has 1 aromatic heterocycles. The van der Waals surface area contributed by atoms with Gasteiger partial charge in [0.15, 0.2) is 0 Å². The second-order valence-corrected chi connectivity index (χ2v) is 4.73. The fourth-order valence-electron chi connectivity index (χ4n) is 1.83. The van der Waals surface area contributed by atoms with E-state index in [9.17, 15) is 5.11 Å². The van der Waals surface area contributed by atoms with Gasteiger partial charge >= 0.3 is 0 Å². The average molecular weight is 251 g/mol. The van der Waals surface area contributed by atoms with Crippen LogP contribution in [0.25, 0.3) is 0 Å². The summed E-state index contributed by atoms with van der Waals surface area (Å²) in [6.45, 7) is 5.43. The highest BCUT2D eigenvalue weighted by molar-refractivity contribution is 5.09. The number of aliphatic hydroxyl groups excluding tert-OH is 1. The Labute approximate surface area is 110 Å². The molecule has 4 heteroatoms. The summed E-state index contributed by atoms with van der Waals surface area (Å²) in [6.07, 6.45) is 5.44. The number of rotatable bonds is 9. The van der Waals surface area contributed by atoms with E-state index in [2.05, 4.69) is 22.1 Å². The SMILES string of the molecule is CCCNCC(O)CN(C)CCc1ccncc1. The van der Waals surface area contributed by atoms with Crippen molar-refractivity contribution in [1.29, 1.82) is 0 Å². The van der Waals surface area contributed by atoms with E-state index in [1.807, 2.05) is 31.6 Å². The van der Waals surface area contributed by atoms with Gasteiger partial charge < -0.3 is 15.3 Å². The second-order valence-electron chi connectivity index (χ2n) is 4.73. The lowest BCUT2D eigenvalue weighted by molar-refractivity contribution is 0.125. The summed E-state index contributed by atoms with van der Waals surface area (Å²) in [5, 5.41) is 13.1. The molecule has 0 amide bonds. The van der Waals surface area contributed by atoms with Crippen LogP contribution in [0.4, 0.5) is 0 Å². The summed E-state index contributed by atoms with van der Waals surface area (Å²) in [5.74, 6) is 0. The van der Waals surface area contributed by atoms with Crippen molar-refractivity contribution in [3.63, 3.8) is 0 Å². The molecule has 0 bridgehead atoms. The standard InChI is InChI=1S/C14H25N3O/c1-3-7-16-11-14(18)12-17(2)10-6-13-4-8-15-9-5-13/h4-5,8-9,14,16,18H,3,6-7,10-12H2,1-2H3. The first-order chi connectivity index (χ1) is 8.72. The molecule has 4 nitrogen and oxygen atoms in total. The van der Waals surface area contributed by atoms with Crippen molar-refractivity contribution in [1.82, 2.24) is 15.2 Å². The van der Waals surface area contributed by atoms with Crippen molar-refractivity contribution in [2.45, 2.75) is 25.9 Å². The molecule has 0 spiro atoms. The van der Waals surface area contributed by atoms with Crippen molar-refractivity contribution in [3.05, 3.63) is 30.1 Å². The van der Waals surface area contributed by atoms with E-state index < -0.39 is 0 Å². The Hall–Kier alpha value is -0.970. The molecule has 2 N–H and O–H groups in total. The molecule has 1 heterocycles. The molecule has 0 aliphatic heterocycles. The number of nitrogens with one attached hydrogen (secondary N) is 1. The first-order valence-electron chi connectivity index (χ1n) is 6.68. The maximum atomic E-state index is 9.83. The number of pyridine rings is 1. The molecule has 0 aliphatic carbocycles. The highest BCUT2D eigenvalue weighted by atomic mass is 16.3. The third-order valence-electron chi connectivity index (χ3n) is 2.86. The number of hydrogen-bond donors (Lipinski definition) is 2. The summed E-state index contributed by atoms with van der Waals surface area (Å²) in [4.78, 5) is 6.17. The Morgan fingerprint density at radius 2 is 2.11 bits per heavy atom. The maximum Gasteiger partial charge on any atom is 0.0791 e. The highest BCUT2D eigenvalue weighted by Crippen LogP contribution is 1.99. The molecule has 0 fully saturated rings. The van der Waals surface area contributed by atoms with Crippen molar-refractivity contribution in [3.8, 4) is 0 Å². The summed E-state index contributed by atoms with van der Waals surface area (Å²) in [7, 11) is 2.05. The minimum atomic E-state index is -0.293. The van der Waals surface area contributed by atoms with Gasteiger partial charge in [0.2, 0.25) is 0 Å². The van der Waals surface area contributed by atoms with E-state index in [1.165, 1.54) is 5.56 Å². The lowest BCUT2D eigenvalue weighted by Crippen LogP contribution is -2.37. The van der Waals surface area contributed by atoms with Crippen molar-refractivity contribution in [2.24, 2.45) is 0 Å². The maximum absolute atomic E-state index is 9.83. The molecule has 0 aromatic carbocycles. The van der Waals surface area contributed by atoms with E-state index >= 15 is 0 Å². The van der Waals surface area contributed by atoms with Crippen LogP contribution >= 0.6 is 0 Å². The van der Waals surface area contributed by atoms with Crippen LogP contribution in [0.15, 0.2) is 24.5 Å². The molecule has 18 heavy (non-hydrogen) atoms. The Bertz CT molecular complexity index is 305. The summed E-state index contributed by atoms with van der Waals surface area (Å²) in [6, 6.07) is 4.07. The monoisotopic (exact) mass is 251 g/mol. The Balaban J connectivity index is 2.15. The minimum Gasteiger partial charge on any atom is -0.390 e. The molecule has 0 aliphatic rings. The topological polar surface area (TPSA) is 48.4 Å². The summed E-state index contributed by atoms with van der Waals surface area (Å²) >= 11 is 0. The highest BCUT2D eigenvalue weighted by Gasteiger charge is 2.07. The average Bonchev–Trinajstić information content (AvgIpc) is 2.38. The zero-order valence-corrected chi connectivity index (χ0v) is 11.5. The number of nitrogens with zero attached hydrogens (tertiary/aromatic N) is 2. The predicted octanol–water partition coefficient (Wildman–Crippen LogP) is 0.916. The van der Waals surface area contributed by atoms with Crippen LogP contribution in [0, 0.1) is 0 Å². The van der Waals surface area contributed by atoms with Gasteiger partial charge in [-0.15, -0.1) is 0 Å². The van der Waals surface area contributed by atoms with Crippen LogP contribution in [-0.2, 0) is 6.42 Å². The van der Waals surface area contributed by atoms with Gasteiger partial charge in [0.1, 0.15) is 0 Å². The fraction of sp³-hybridized carbons (Fsp3) is 0.643. The van der Waals surface area contributed by atoms with Gasteiger partial charge in [0, 0.05) is 32.0 Å². The van der Waals surface area contributed by atoms with Gasteiger partial charge in [0.25, 0.3) is 0 Å². The molecule has 1 rings (SSSR count). The van der Waals surface area contributed by atoms with Crippen LogP contribution in [0.1, 0.15) is 18.9 Å². The Morgan fingerprint density at radius 3 is 2.78 bits per heavy atom. The molecule has 1 atom stereocenters. The number of likely N-dealkylation sites (N-methyl/N-ethyl adjacent to an activating group) is 1. The van der Waals surface area contributed by atoms with E-state index in [-0.39, 0.29) is 6.10 Å². The zero-order chi connectivity index (χ0) is 13.2. The third-order valence-corrected chi connectivity index (χ3v) is 2.86. The van der Waals surface area contributed by atoms with Crippen LogP contribution in [0.2, 0.25) is 0 Å². The lowest BCUT2D eigenvalue weighted by atomic mass is 10.2. The van der Waals surface area contributed by atoms with E-state index in [0.29, 0.717) is 13.1 Å². The van der Waals surface area contributed by atoms with E-state index in [0.717, 1.165) is 25.9 Å². The largest absolute Gasteiger partial charge is 0.390 e. The smallest absolute Gasteiger partial charge is 0.0791 e. The first-order valence-corrected chi connectivity index (χ1v) is 6.68. The number of aromatic nitrogens is 1. The number of aliphatic hydroxyl groups is 1. The molecule has 0 saturated carbocycles. The van der Waals surface area contributed by atoms with E-state index in [4.69, 9.17) is 0 Å². The molecule has 0 radical (unpaired) electrons. The lowest BCUT2D eigenvalue weighted by Gasteiger charge is -2.20. The third kappa shape index (κ3) is 6.69. The van der Waals surface area contributed by atoms with Gasteiger partial charge in [-0.3, -0.25) is 4.98 Å². The van der Waals surface area contributed by atoms with Crippen LogP contribution < -0.4 is 5.32 Å². The van der Waals surface area contributed by atoms with Gasteiger partial charge in [-0.25, -0.2) is 0 Å². The fourth-order valence-corrected chi connectivity index (χ4v) is 1.83. The molecule has 1 aromatic rings. The van der Waals surface area contributed by atoms with Gasteiger partial charge in [-0.2, -0.15) is 0 Å². The normalized spacial score (nSPS) is 12.9. The molecular weight excluding hydrogens is 226 g/mol.